The molecule has 0 atom stereocenters. The summed E-state index contributed by atoms with van der Waals surface area (Å²) in [6.45, 7) is 0. The van der Waals surface area contributed by atoms with E-state index in [1.54, 1.807) is 12.1 Å². The molecule has 0 saturated heterocycles. The summed E-state index contributed by atoms with van der Waals surface area (Å²) in [6, 6.07) is 7.66. The van der Waals surface area contributed by atoms with Gasteiger partial charge in [-0.25, -0.2) is 9.78 Å². The van der Waals surface area contributed by atoms with Gasteiger partial charge in [-0.1, -0.05) is 46.9 Å². The Morgan fingerprint density at radius 3 is 2.48 bits per heavy atom. The third-order valence-electron chi connectivity index (χ3n) is 2.43. The van der Waals surface area contributed by atoms with Crippen molar-refractivity contribution in [2.45, 2.75) is 0 Å². The van der Waals surface area contributed by atoms with Crippen molar-refractivity contribution in [2.24, 2.45) is 5.10 Å². The van der Waals surface area contributed by atoms with E-state index in [0.717, 1.165) is 0 Å². The number of aromatic nitrogens is 1. The normalized spacial score (nSPS) is 10.8. The number of rotatable bonds is 4. The molecule has 1 aromatic heterocycles. The third kappa shape index (κ3) is 4.07. The van der Waals surface area contributed by atoms with Crippen LogP contribution in [0.2, 0.25) is 15.2 Å². The lowest BCUT2D eigenvalue weighted by molar-refractivity contribution is 0.0697. The first-order valence-corrected chi connectivity index (χ1v) is 6.74. The number of carbonyl (C=O) groups is 1. The number of anilines is 1. The van der Waals surface area contributed by atoms with E-state index in [-0.39, 0.29) is 26.6 Å². The van der Waals surface area contributed by atoms with Gasteiger partial charge < -0.3 is 5.11 Å². The van der Waals surface area contributed by atoms with Crippen LogP contribution in [0.5, 0.6) is 0 Å². The smallest absolute Gasteiger partial charge is 0.335 e. The zero-order valence-electron chi connectivity index (χ0n) is 10.3. The monoisotopic (exact) mass is 343 g/mol. The highest BCUT2D eigenvalue weighted by atomic mass is 35.5. The molecule has 0 bridgehead atoms. The van der Waals surface area contributed by atoms with Crippen LogP contribution in [-0.4, -0.2) is 22.3 Å². The lowest BCUT2D eigenvalue weighted by Gasteiger charge is -2.04. The van der Waals surface area contributed by atoms with Crippen molar-refractivity contribution in [3.63, 3.8) is 0 Å². The fourth-order valence-electron chi connectivity index (χ4n) is 1.40. The maximum Gasteiger partial charge on any atom is 0.335 e. The molecule has 8 heteroatoms. The van der Waals surface area contributed by atoms with Gasteiger partial charge in [-0.05, 0) is 23.8 Å². The molecule has 1 aromatic carbocycles. The Morgan fingerprint density at radius 1 is 1.19 bits per heavy atom. The molecule has 0 spiro atoms. The number of carboxylic acid groups (broad SMARTS) is 1. The largest absolute Gasteiger partial charge is 0.478 e. The molecule has 0 saturated carbocycles. The Labute approximate surface area is 135 Å². The van der Waals surface area contributed by atoms with Gasteiger partial charge in [0, 0.05) is 0 Å². The highest BCUT2D eigenvalue weighted by molar-refractivity contribution is 6.42. The number of halogens is 3. The Morgan fingerprint density at radius 2 is 1.86 bits per heavy atom. The second-order valence-corrected chi connectivity index (χ2v) is 5.06. The highest BCUT2D eigenvalue weighted by Crippen LogP contribution is 2.28. The summed E-state index contributed by atoms with van der Waals surface area (Å²) >= 11 is 17.5. The topological polar surface area (TPSA) is 74.6 Å². The molecule has 0 aliphatic heterocycles. The molecule has 2 aromatic rings. The molecule has 0 radical (unpaired) electrons. The van der Waals surface area contributed by atoms with Gasteiger partial charge in [0.1, 0.15) is 5.15 Å². The second kappa shape index (κ2) is 6.76. The number of aromatic carboxylic acids is 1. The maximum atomic E-state index is 10.7. The van der Waals surface area contributed by atoms with Crippen molar-refractivity contribution in [1.29, 1.82) is 0 Å². The maximum absolute atomic E-state index is 10.7. The summed E-state index contributed by atoms with van der Waals surface area (Å²) in [5.74, 6) is -0.715. The van der Waals surface area contributed by atoms with E-state index in [0.29, 0.717) is 5.56 Å². The minimum Gasteiger partial charge on any atom is -0.478 e. The standard InChI is InChI=1S/C13H8Cl3N3O2/c14-9-5-10(15)12(18-11(9)16)19-17-6-7-1-3-8(4-2-7)13(20)21/h1-6H,(H,18,19)(H,20,21)/b17-6+. The molecule has 108 valence electrons. The van der Waals surface area contributed by atoms with E-state index in [4.69, 9.17) is 39.9 Å². The Kier molecular flexibility index (Phi) is 5.01. The molecule has 0 fully saturated rings. The Bertz CT molecular complexity index is 703. The van der Waals surface area contributed by atoms with Crippen molar-refractivity contribution >= 4 is 52.8 Å². The van der Waals surface area contributed by atoms with Crippen LogP contribution in [0.1, 0.15) is 15.9 Å². The van der Waals surface area contributed by atoms with Crippen LogP contribution in [0.15, 0.2) is 35.4 Å². The number of nitrogens with zero attached hydrogens (tertiary/aromatic N) is 2. The Balaban J connectivity index is 2.09. The van der Waals surface area contributed by atoms with E-state index in [2.05, 4.69) is 15.5 Å². The lowest BCUT2D eigenvalue weighted by atomic mass is 10.1. The minimum absolute atomic E-state index is 0.115. The number of nitrogens with one attached hydrogen (secondary N) is 1. The van der Waals surface area contributed by atoms with Crippen molar-refractivity contribution < 1.29 is 9.90 Å². The molecular formula is C13H8Cl3N3O2. The van der Waals surface area contributed by atoms with Gasteiger partial charge in [0.15, 0.2) is 5.82 Å². The van der Waals surface area contributed by atoms with Crippen molar-refractivity contribution in [3.8, 4) is 0 Å². The molecule has 2 rings (SSSR count). The summed E-state index contributed by atoms with van der Waals surface area (Å²) in [4.78, 5) is 14.7. The van der Waals surface area contributed by atoms with Gasteiger partial charge in [0.2, 0.25) is 0 Å². The number of pyridine rings is 1. The average molecular weight is 345 g/mol. The van der Waals surface area contributed by atoms with Crippen LogP contribution in [0, 0.1) is 0 Å². The van der Waals surface area contributed by atoms with Gasteiger partial charge in [0.05, 0.1) is 21.8 Å². The van der Waals surface area contributed by atoms with E-state index in [1.165, 1.54) is 24.4 Å². The van der Waals surface area contributed by atoms with Gasteiger partial charge in [-0.2, -0.15) is 5.10 Å². The predicted molar refractivity (Wildman–Crippen MR) is 83.9 cm³/mol. The number of benzene rings is 1. The second-order valence-electron chi connectivity index (χ2n) is 3.89. The summed E-state index contributed by atoms with van der Waals surface area (Å²) in [5, 5.41) is 13.4. The molecular weight excluding hydrogens is 337 g/mol. The Hall–Kier alpha value is -1.82. The number of hydrogen-bond acceptors (Lipinski definition) is 4. The number of hydrazone groups is 1. The minimum atomic E-state index is -0.983. The lowest BCUT2D eigenvalue weighted by Crippen LogP contribution is -1.97. The van der Waals surface area contributed by atoms with Crippen LogP contribution in [-0.2, 0) is 0 Å². The quantitative estimate of drug-likeness (QED) is 0.495. The molecule has 21 heavy (non-hydrogen) atoms. The van der Waals surface area contributed by atoms with Crippen molar-refractivity contribution in [3.05, 3.63) is 56.7 Å². The van der Waals surface area contributed by atoms with Gasteiger partial charge in [0.25, 0.3) is 0 Å². The SMILES string of the molecule is O=C(O)c1ccc(/C=N/Nc2nc(Cl)c(Cl)cc2Cl)cc1. The van der Waals surface area contributed by atoms with Gasteiger partial charge in [-0.3, -0.25) is 5.43 Å². The number of hydrogen-bond donors (Lipinski definition) is 2. The zero-order chi connectivity index (χ0) is 15.4. The van der Waals surface area contributed by atoms with Crippen LogP contribution in [0.3, 0.4) is 0 Å². The van der Waals surface area contributed by atoms with Crippen LogP contribution < -0.4 is 5.43 Å². The predicted octanol–water partition coefficient (Wildman–Crippen LogP) is 4.19. The highest BCUT2D eigenvalue weighted by Gasteiger charge is 2.06. The molecule has 5 nitrogen and oxygen atoms in total. The zero-order valence-corrected chi connectivity index (χ0v) is 12.6. The van der Waals surface area contributed by atoms with Crippen LogP contribution in [0.4, 0.5) is 5.82 Å². The van der Waals surface area contributed by atoms with Gasteiger partial charge in [-0.15, -0.1) is 0 Å². The molecule has 0 unspecified atom stereocenters. The van der Waals surface area contributed by atoms with Crippen LogP contribution >= 0.6 is 34.8 Å². The first-order chi connectivity index (χ1) is 9.97. The summed E-state index contributed by atoms with van der Waals surface area (Å²) in [6.07, 6.45) is 1.49. The van der Waals surface area contributed by atoms with Crippen LogP contribution in [0.25, 0.3) is 0 Å². The fraction of sp³-hybridized carbons (Fsp3) is 0. The van der Waals surface area contributed by atoms with Crippen molar-refractivity contribution in [2.75, 3.05) is 5.43 Å². The first kappa shape index (κ1) is 15.6. The number of carboxylic acids is 1. The third-order valence-corrected chi connectivity index (χ3v) is 3.39. The van der Waals surface area contributed by atoms with Crippen molar-refractivity contribution in [1.82, 2.24) is 4.98 Å². The molecule has 0 aliphatic carbocycles. The van der Waals surface area contributed by atoms with E-state index in [9.17, 15) is 4.79 Å². The molecule has 0 aliphatic rings. The average Bonchev–Trinajstić information content (AvgIpc) is 2.45. The summed E-state index contributed by atoms with van der Waals surface area (Å²) < 4.78 is 0. The first-order valence-electron chi connectivity index (χ1n) is 5.61. The van der Waals surface area contributed by atoms with E-state index < -0.39 is 5.97 Å². The summed E-state index contributed by atoms with van der Waals surface area (Å²) in [7, 11) is 0. The van der Waals surface area contributed by atoms with E-state index >= 15 is 0 Å². The summed E-state index contributed by atoms with van der Waals surface area (Å²) in [5.41, 5.74) is 3.55. The molecule has 1 heterocycles. The van der Waals surface area contributed by atoms with E-state index in [1.807, 2.05) is 0 Å². The van der Waals surface area contributed by atoms with Gasteiger partial charge >= 0.3 is 5.97 Å². The fourth-order valence-corrected chi connectivity index (χ4v) is 1.94. The molecule has 0 amide bonds. The molecule has 2 N–H and O–H groups in total.